The number of methoxy groups -OCH3 is 1. The Labute approximate surface area is 119 Å². The minimum Gasteiger partial charge on any atom is -0.497 e. The van der Waals surface area contributed by atoms with E-state index in [1.807, 2.05) is 16.7 Å². The topological polar surface area (TPSA) is 55.6 Å². The molecule has 0 saturated carbocycles. The van der Waals surface area contributed by atoms with E-state index >= 15 is 0 Å². The van der Waals surface area contributed by atoms with E-state index in [4.69, 9.17) is 4.74 Å². The van der Waals surface area contributed by atoms with Crippen LogP contribution in [0.4, 0.5) is 5.69 Å². The van der Waals surface area contributed by atoms with Gasteiger partial charge in [0.05, 0.1) is 7.11 Å². The normalized spacial score (nSPS) is 10.7. The van der Waals surface area contributed by atoms with Crippen molar-refractivity contribution < 1.29 is 9.53 Å². The number of anilines is 1. The third-order valence-corrected chi connectivity index (χ3v) is 3.93. The second-order valence-corrected chi connectivity index (χ2v) is 5.17. The van der Waals surface area contributed by atoms with Crippen LogP contribution in [0.2, 0.25) is 0 Å². The molecule has 0 atom stereocenters. The van der Waals surface area contributed by atoms with E-state index in [0.29, 0.717) is 11.4 Å². The Bertz CT molecular complexity index is 758. The molecule has 6 heteroatoms. The Kier molecular flexibility index (Phi) is 3.15. The molecule has 0 radical (unpaired) electrons. The minimum absolute atomic E-state index is 0.217. The molecule has 0 bridgehead atoms. The van der Waals surface area contributed by atoms with Crippen LogP contribution in [-0.2, 0) is 0 Å². The van der Waals surface area contributed by atoms with Crippen LogP contribution in [0.3, 0.4) is 0 Å². The maximum atomic E-state index is 12.1. The third kappa shape index (κ3) is 2.25. The van der Waals surface area contributed by atoms with Crippen LogP contribution in [-0.4, -0.2) is 22.4 Å². The average Bonchev–Trinajstić information content (AvgIpc) is 3.02. The Hall–Kier alpha value is -2.34. The number of aryl methyl sites for hydroxylation is 1. The SMILES string of the molecule is COc1ccc(NC(=O)c2cn3c(C)csc3n2)cc1. The van der Waals surface area contributed by atoms with Crippen LogP contribution in [0.1, 0.15) is 16.2 Å². The van der Waals surface area contributed by atoms with Crippen LogP contribution in [0.5, 0.6) is 5.75 Å². The molecule has 2 aromatic heterocycles. The quantitative estimate of drug-likeness (QED) is 0.805. The van der Waals surface area contributed by atoms with Crippen LogP contribution in [0, 0.1) is 6.92 Å². The van der Waals surface area contributed by atoms with Gasteiger partial charge in [-0.05, 0) is 31.2 Å². The fraction of sp³-hybridized carbons (Fsp3) is 0.143. The van der Waals surface area contributed by atoms with Gasteiger partial charge in [-0.1, -0.05) is 0 Å². The summed E-state index contributed by atoms with van der Waals surface area (Å²) in [4.78, 5) is 17.3. The fourth-order valence-corrected chi connectivity index (χ4v) is 2.72. The van der Waals surface area contributed by atoms with Gasteiger partial charge in [0.15, 0.2) is 4.96 Å². The first-order valence-corrected chi connectivity index (χ1v) is 6.94. The second-order valence-electron chi connectivity index (χ2n) is 4.34. The van der Waals surface area contributed by atoms with Crippen molar-refractivity contribution in [2.75, 3.05) is 12.4 Å². The van der Waals surface area contributed by atoms with Crippen molar-refractivity contribution in [1.82, 2.24) is 9.38 Å². The van der Waals surface area contributed by atoms with Crippen LogP contribution < -0.4 is 10.1 Å². The van der Waals surface area contributed by atoms with Crippen molar-refractivity contribution in [2.45, 2.75) is 6.92 Å². The van der Waals surface area contributed by atoms with Crippen molar-refractivity contribution in [2.24, 2.45) is 0 Å². The Morgan fingerprint density at radius 2 is 2.10 bits per heavy atom. The van der Waals surface area contributed by atoms with Crippen LogP contribution in [0.15, 0.2) is 35.8 Å². The summed E-state index contributed by atoms with van der Waals surface area (Å²) in [6, 6.07) is 7.18. The van der Waals surface area contributed by atoms with Gasteiger partial charge >= 0.3 is 0 Å². The molecule has 0 fully saturated rings. The number of fused-ring (bicyclic) bond motifs is 1. The highest BCUT2D eigenvalue weighted by Gasteiger charge is 2.12. The number of nitrogens with one attached hydrogen (secondary N) is 1. The van der Waals surface area contributed by atoms with E-state index in [-0.39, 0.29) is 5.91 Å². The molecular formula is C14H13N3O2S. The smallest absolute Gasteiger partial charge is 0.275 e. The number of amides is 1. The first-order chi connectivity index (χ1) is 9.67. The Morgan fingerprint density at radius 3 is 2.75 bits per heavy atom. The minimum atomic E-state index is -0.217. The molecule has 0 aliphatic rings. The van der Waals surface area contributed by atoms with Crippen molar-refractivity contribution in [1.29, 1.82) is 0 Å². The number of nitrogens with zero attached hydrogens (tertiary/aromatic N) is 2. The molecule has 3 aromatic rings. The number of hydrogen-bond donors (Lipinski definition) is 1. The van der Waals surface area contributed by atoms with E-state index in [1.165, 1.54) is 11.3 Å². The molecule has 1 amide bonds. The van der Waals surface area contributed by atoms with Gasteiger partial charge < -0.3 is 10.1 Å². The first kappa shape index (κ1) is 12.7. The van der Waals surface area contributed by atoms with E-state index in [9.17, 15) is 4.79 Å². The maximum Gasteiger partial charge on any atom is 0.275 e. The van der Waals surface area contributed by atoms with E-state index in [0.717, 1.165) is 16.4 Å². The first-order valence-electron chi connectivity index (χ1n) is 6.06. The highest BCUT2D eigenvalue weighted by Crippen LogP contribution is 2.18. The van der Waals surface area contributed by atoms with Gasteiger partial charge in [-0.2, -0.15) is 0 Å². The summed E-state index contributed by atoms with van der Waals surface area (Å²) in [7, 11) is 1.60. The van der Waals surface area contributed by atoms with Gasteiger partial charge in [0.25, 0.3) is 5.91 Å². The van der Waals surface area contributed by atoms with Gasteiger partial charge in [-0.15, -0.1) is 11.3 Å². The van der Waals surface area contributed by atoms with Crippen LogP contribution in [0.25, 0.3) is 4.96 Å². The summed E-state index contributed by atoms with van der Waals surface area (Å²) >= 11 is 1.52. The maximum absolute atomic E-state index is 12.1. The Morgan fingerprint density at radius 1 is 1.35 bits per heavy atom. The number of rotatable bonds is 3. The lowest BCUT2D eigenvalue weighted by atomic mass is 10.3. The van der Waals surface area contributed by atoms with Crippen molar-refractivity contribution >= 4 is 27.9 Å². The van der Waals surface area contributed by atoms with E-state index in [2.05, 4.69) is 10.3 Å². The number of hydrogen-bond acceptors (Lipinski definition) is 4. The summed E-state index contributed by atoms with van der Waals surface area (Å²) in [6.45, 7) is 1.98. The van der Waals surface area contributed by atoms with E-state index < -0.39 is 0 Å². The molecule has 0 spiro atoms. The zero-order valence-electron chi connectivity index (χ0n) is 11.1. The molecule has 0 unspecified atom stereocenters. The van der Waals surface area contributed by atoms with Gasteiger partial charge in [0.1, 0.15) is 11.4 Å². The molecule has 1 N–H and O–H groups in total. The average molecular weight is 287 g/mol. The molecule has 102 valence electrons. The van der Waals surface area contributed by atoms with Crippen molar-refractivity contribution in [3.63, 3.8) is 0 Å². The molecule has 20 heavy (non-hydrogen) atoms. The van der Waals surface area contributed by atoms with E-state index in [1.54, 1.807) is 37.6 Å². The number of imidazole rings is 1. The highest BCUT2D eigenvalue weighted by atomic mass is 32.1. The summed E-state index contributed by atoms with van der Waals surface area (Å²) in [5, 5.41) is 4.82. The number of ether oxygens (including phenoxy) is 1. The summed E-state index contributed by atoms with van der Waals surface area (Å²) in [6.07, 6.45) is 1.75. The molecular weight excluding hydrogens is 274 g/mol. The summed E-state index contributed by atoms with van der Waals surface area (Å²) in [5.41, 5.74) is 2.20. The number of thiazole rings is 1. The molecule has 2 heterocycles. The number of benzene rings is 1. The molecule has 5 nitrogen and oxygen atoms in total. The molecule has 0 aliphatic heterocycles. The lowest BCUT2D eigenvalue weighted by Crippen LogP contribution is -2.12. The standard InChI is InChI=1S/C14H13N3O2S/c1-9-8-20-14-16-12(7-17(9)14)13(18)15-10-3-5-11(19-2)6-4-10/h3-8H,1-2H3,(H,15,18). The van der Waals surface area contributed by atoms with Crippen molar-refractivity contribution in [3.05, 3.63) is 47.2 Å². The van der Waals surface area contributed by atoms with Crippen LogP contribution >= 0.6 is 11.3 Å². The largest absolute Gasteiger partial charge is 0.497 e. The predicted octanol–water partition coefficient (Wildman–Crippen LogP) is 2.97. The number of carbonyl (C=O) groups excluding carboxylic acids is 1. The zero-order chi connectivity index (χ0) is 14.1. The fourth-order valence-electron chi connectivity index (χ4n) is 1.87. The molecule has 1 aromatic carbocycles. The Balaban J connectivity index is 1.80. The summed E-state index contributed by atoms with van der Waals surface area (Å²) < 4.78 is 6.98. The van der Waals surface area contributed by atoms with Gasteiger partial charge in [0.2, 0.25) is 0 Å². The van der Waals surface area contributed by atoms with Gasteiger partial charge in [0, 0.05) is 23.0 Å². The summed E-state index contributed by atoms with van der Waals surface area (Å²) in [5.74, 6) is 0.534. The molecule has 0 saturated heterocycles. The lowest BCUT2D eigenvalue weighted by molar-refractivity contribution is 0.102. The monoisotopic (exact) mass is 287 g/mol. The number of aromatic nitrogens is 2. The third-order valence-electron chi connectivity index (χ3n) is 2.97. The van der Waals surface area contributed by atoms with Gasteiger partial charge in [-0.25, -0.2) is 4.98 Å². The lowest BCUT2D eigenvalue weighted by Gasteiger charge is -2.04. The van der Waals surface area contributed by atoms with Crippen molar-refractivity contribution in [3.8, 4) is 5.75 Å². The predicted molar refractivity (Wildman–Crippen MR) is 78.8 cm³/mol. The zero-order valence-corrected chi connectivity index (χ0v) is 11.9. The van der Waals surface area contributed by atoms with Gasteiger partial charge in [-0.3, -0.25) is 9.20 Å². The molecule has 0 aliphatic carbocycles. The highest BCUT2D eigenvalue weighted by molar-refractivity contribution is 7.15. The number of carbonyl (C=O) groups is 1. The molecule has 3 rings (SSSR count). The second kappa shape index (κ2) is 4.97.